The zero-order chi connectivity index (χ0) is 14.0. The Morgan fingerprint density at radius 3 is 3.00 bits per heavy atom. The molecule has 20 heavy (non-hydrogen) atoms. The first-order chi connectivity index (χ1) is 9.78. The molecule has 0 amide bonds. The van der Waals surface area contributed by atoms with Crippen LogP contribution < -0.4 is 5.32 Å². The first kappa shape index (κ1) is 13.6. The number of allylic oxidation sites excluding steroid dienone is 3. The molecule has 1 heterocycles. The molecule has 0 aromatic heterocycles. The van der Waals surface area contributed by atoms with Crippen LogP contribution in [0.15, 0.2) is 48.1 Å². The molecule has 2 unspecified atom stereocenters. The second-order valence-corrected chi connectivity index (χ2v) is 6.25. The summed E-state index contributed by atoms with van der Waals surface area (Å²) in [5.74, 6) is 0. The summed E-state index contributed by atoms with van der Waals surface area (Å²) in [6, 6.07) is 9.51. The molecule has 1 N–H and O–H groups in total. The SMILES string of the molecule is C/C=C\C=C(/C)C12CCCCNC1c1ccccc1C2. The number of hydrogen-bond acceptors (Lipinski definition) is 1. The predicted octanol–water partition coefficient (Wildman–Crippen LogP) is 4.57. The molecule has 0 bridgehead atoms. The molecular weight excluding hydrogens is 242 g/mol. The smallest absolute Gasteiger partial charge is 0.0420 e. The van der Waals surface area contributed by atoms with E-state index in [4.69, 9.17) is 0 Å². The highest BCUT2D eigenvalue weighted by atomic mass is 15.0. The van der Waals surface area contributed by atoms with E-state index >= 15 is 0 Å². The van der Waals surface area contributed by atoms with Crippen LogP contribution in [0.3, 0.4) is 0 Å². The van der Waals surface area contributed by atoms with Gasteiger partial charge in [-0.2, -0.15) is 0 Å². The second-order valence-electron chi connectivity index (χ2n) is 6.25. The fourth-order valence-corrected chi connectivity index (χ4v) is 4.04. The van der Waals surface area contributed by atoms with Gasteiger partial charge in [-0.15, -0.1) is 0 Å². The lowest BCUT2D eigenvalue weighted by molar-refractivity contribution is 0.264. The first-order valence-electron chi connectivity index (χ1n) is 7.89. The zero-order valence-electron chi connectivity index (χ0n) is 12.7. The molecule has 2 atom stereocenters. The van der Waals surface area contributed by atoms with Gasteiger partial charge in [-0.05, 0) is 50.8 Å². The lowest BCUT2D eigenvalue weighted by atomic mass is 9.71. The van der Waals surface area contributed by atoms with Crippen molar-refractivity contribution in [2.45, 2.75) is 45.6 Å². The van der Waals surface area contributed by atoms with Crippen LogP contribution in [-0.4, -0.2) is 6.54 Å². The first-order valence-corrected chi connectivity index (χ1v) is 7.89. The lowest BCUT2D eigenvalue weighted by Crippen LogP contribution is -2.35. The van der Waals surface area contributed by atoms with E-state index in [2.05, 4.69) is 61.7 Å². The summed E-state index contributed by atoms with van der Waals surface area (Å²) in [6.07, 6.45) is 11.8. The number of nitrogens with one attached hydrogen (secondary N) is 1. The standard InChI is InChI=1S/C19H25N/c1-3-4-9-15(2)19-12-7-8-13-20-18(19)17-11-6-5-10-16(17)14-19/h3-6,9-11,18,20H,7-8,12-14H2,1-2H3/b4-3-,15-9+. The third-order valence-corrected chi connectivity index (χ3v) is 5.15. The van der Waals surface area contributed by atoms with Crippen molar-refractivity contribution in [1.82, 2.24) is 5.32 Å². The highest BCUT2D eigenvalue weighted by Crippen LogP contribution is 2.54. The summed E-state index contributed by atoms with van der Waals surface area (Å²) in [5, 5.41) is 3.83. The van der Waals surface area contributed by atoms with Crippen LogP contribution in [0.4, 0.5) is 0 Å². The molecule has 1 heteroatoms. The Morgan fingerprint density at radius 1 is 1.30 bits per heavy atom. The minimum Gasteiger partial charge on any atom is -0.309 e. The van der Waals surface area contributed by atoms with Gasteiger partial charge < -0.3 is 5.32 Å². The summed E-state index contributed by atoms with van der Waals surface area (Å²) in [7, 11) is 0. The summed E-state index contributed by atoms with van der Waals surface area (Å²) >= 11 is 0. The monoisotopic (exact) mass is 267 g/mol. The van der Waals surface area contributed by atoms with Crippen molar-refractivity contribution >= 4 is 0 Å². The fourth-order valence-electron chi connectivity index (χ4n) is 4.04. The van der Waals surface area contributed by atoms with Crippen molar-refractivity contribution < 1.29 is 0 Å². The maximum atomic E-state index is 3.83. The summed E-state index contributed by atoms with van der Waals surface area (Å²) in [5.41, 5.74) is 4.90. The molecule has 0 radical (unpaired) electrons. The molecule has 1 fully saturated rings. The Hall–Kier alpha value is -1.34. The molecule has 1 aliphatic heterocycles. The van der Waals surface area contributed by atoms with E-state index in [1.54, 1.807) is 5.56 Å². The normalized spacial score (nSPS) is 30.1. The van der Waals surface area contributed by atoms with Crippen molar-refractivity contribution in [3.63, 3.8) is 0 Å². The Labute approximate surface area is 122 Å². The van der Waals surface area contributed by atoms with Crippen LogP contribution in [0, 0.1) is 5.41 Å². The lowest BCUT2D eigenvalue weighted by Gasteiger charge is -2.36. The van der Waals surface area contributed by atoms with Gasteiger partial charge in [0.1, 0.15) is 0 Å². The van der Waals surface area contributed by atoms with Crippen LogP contribution in [-0.2, 0) is 6.42 Å². The van der Waals surface area contributed by atoms with E-state index in [9.17, 15) is 0 Å². The van der Waals surface area contributed by atoms with E-state index in [1.807, 2.05) is 0 Å². The zero-order valence-corrected chi connectivity index (χ0v) is 12.7. The van der Waals surface area contributed by atoms with E-state index in [0.717, 1.165) is 6.54 Å². The van der Waals surface area contributed by atoms with Crippen molar-refractivity contribution in [2.75, 3.05) is 6.54 Å². The average molecular weight is 267 g/mol. The molecular formula is C19H25N. The van der Waals surface area contributed by atoms with Crippen LogP contribution in [0.25, 0.3) is 0 Å². The molecule has 2 aliphatic rings. The molecule has 3 rings (SSSR count). The van der Waals surface area contributed by atoms with Gasteiger partial charge in [0.05, 0.1) is 0 Å². The summed E-state index contributed by atoms with van der Waals surface area (Å²) in [4.78, 5) is 0. The topological polar surface area (TPSA) is 12.0 Å². The minimum absolute atomic E-state index is 0.291. The van der Waals surface area contributed by atoms with Gasteiger partial charge in [-0.25, -0.2) is 0 Å². The van der Waals surface area contributed by atoms with Crippen LogP contribution in [0.1, 0.15) is 50.3 Å². The minimum atomic E-state index is 0.291. The Morgan fingerprint density at radius 2 is 2.15 bits per heavy atom. The van der Waals surface area contributed by atoms with Gasteiger partial charge >= 0.3 is 0 Å². The Bertz CT molecular complexity index is 540. The molecule has 1 aromatic rings. The maximum Gasteiger partial charge on any atom is 0.0420 e. The number of benzene rings is 1. The van der Waals surface area contributed by atoms with Gasteiger partial charge in [-0.1, -0.05) is 54.5 Å². The maximum absolute atomic E-state index is 3.83. The molecule has 1 aromatic carbocycles. The van der Waals surface area contributed by atoms with Gasteiger partial charge in [0.25, 0.3) is 0 Å². The fraction of sp³-hybridized carbons (Fsp3) is 0.474. The molecule has 1 saturated heterocycles. The van der Waals surface area contributed by atoms with Gasteiger partial charge in [-0.3, -0.25) is 0 Å². The third kappa shape index (κ3) is 2.14. The highest BCUT2D eigenvalue weighted by molar-refractivity contribution is 5.43. The number of rotatable bonds is 2. The molecule has 1 nitrogen and oxygen atoms in total. The van der Waals surface area contributed by atoms with Gasteiger partial charge in [0, 0.05) is 11.5 Å². The van der Waals surface area contributed by atoms with E-state index < -0.39 is 0 Å². The van der Waals surface area contributed by atoms with E-state index in [-0.39, 0.29) is 0 Å². The largest absolute Gasteiger partial charge is 0.309 e. The van der Waals surface area contributed by atoms with Crippen LogP contribution >= 0.6 is 0 Å². The van der Waals surface area contributed by atoms with Crippen LogP contribution in [0.2, 0.25) is 0 Å². The van der Waals surface area contributed by atoms with E-state index in [1.165, 1.54) is 36.8 Å². The van der Waals surface area contributed by atoms with Gasteiger partial charge in [0.2, 0.25) is 0 Å². The average Bonchev–Trinajstić information content (AvgIpc) is 2.64. The van der Waals surface area contributed by atoms with E-state index in [0.29, 0.717) is 11.5 Å². The molecule has 0 spiro atoms. The predicted molar refractivity (Wildman–Crippen MR) is 85.7 cm³/mol. The molecule has 106 valence electrons. The van der Waals surface area contributed by atoms with Crippen molar-refractivity contribution in [3.8, 4) is 0 Å². The van der Waals surface area contributed by atoms with Crippen molar-refractivity contribution in [3.05, 3.63) is 59.2 Å². The summed E-state index contributed by atoms with van der Waals surface area (Å²) in [6.45, 7) is 5.57. The number of hydrogen-bond donors (Lipinski definition) is 1. The molecule has 1 aliphatic carbocycles. The number of fused-ring (bicyclic) bond motifs is 3. The highest BCUT2D eigenvalue weighted by Gasteiger charge is 2.47. The van der Waals surface area contributed by atoms with Gasteiger partial charge in [0.15, 0.2) is 0 Å². The quantitative estimate of drug-likeness (QED) is 0.774. The second kappa shape index (κ2) is 5.57. The Balaban J connectivity index is 2.06. The Kier molecular flexibility index (Phi) is 3.80. The molecule has 0 saturated carbocycles. The van der Waals surface area contributed by atoms with Crippen LogP contribution in [0.5, 0.6) is 0 Å². The third-order valence-electron chi connectivity index (χ3n) is 5.15. The summed E-state index contributed by atoms with van der Waals surface area (Å²) < 4.78 is 0. The van der Waals surface area contributed by atoms with Crippen molar-refractivity contribution in [1.29, 1.82) is 0 Å². The van der Waals surface area contributed by atoms with Crippen molar-refractivity contribution in [2.24, 2.45) is 5.41 Å².